The Bertz CT molecular complexity index is 348. The number of pyridine rings is 1. The van der Waals surface area contributed by atoms with Gasteiger partial charge in [-0.05, 0) is 31.4 Å². The average Bonchev–Trinajstić information content (AvgIpc) is 2.79. The molecule has 1 fully saturated rings. The van der Waals surface area contributed by atoms with E-state index in [4.69, 9.17) is 14.6 Å². The summed E-state index contributed by atoms with van der Waals surface area (Å²) in [5, 5.41) is 9.01. The van der Waals surface area contributed by atoms with E-state index in [1.54, 1.807) is 6.07 Å². The van der Waals surface area contributed by atoms with E-state index in [1.165, 1.54) is 0 Å². The van der Waals surface area contributed by atoms with Crippen LogP contribution in [0, 0.1) is 6.92 Å². The monoisotopic (exact) mass is 223 g/mol. The van der Waals surface area contributed by atoms with Gasteiger partial charge in [-0.1, -0.05) is 0 Å². The van der Waals surface area contributed by atoms with Gasteiger partial charge >= 0.3 is 0 Å². The second-order valence-electron chi connectivity index (χ2n) is 4.00. The first-order valence-electron chi connectivity index (χ1n) is 5.61. The fourth-order valence-corrected chi connectivity index (χ4v) is 1.77. The Morgan fingerprint density at radius 3 is 3.06 bits per heavy atom. The van der Waals surface area contributed by atoms with E-state index >= 15 is 0 Å². The molecule has 1 N–H and O–H groups in total. The Labute approximate surface area is 95.2 Å². The number of aliphatic hydroxyl groups is 1. The van der Waals surface area contributed by atoms with Crippen LogP contribution in [-0.4, -0.2) is 29.4 Å². The molecule has 4 heteroatoms. The van der Waals surface area contributed by atoms with Crippen molar-refractivity contribution in [1.29, 1.82) is 0 Å². The number of nitrogens with zero attached hydrogens (tertiary/aromatic N) is 1. The number of ether oxygens (including phenoxy) is 2. The van der Waals surface area contributed by atoms with E-state index < -0.39 is 0 Å². The summed E-state index contributed by atoms with van der Waals surface area (Å²) < 4.78 is 11.0. The van der Waals surface area contributed by atoms with Gasteiger partial charge in [-0.2, -0.15) is 0 Å². The molecule has 0 saturated carbocycles. The molecule has 2 heterocycles. The molecular weight excluding hydrogens is 206 g/mol. The molecule has 1 aromatic rings. The number of aryl methyl sites for hydroxylation is 1. The first-order chi connectivity index (χ1) is 7.79. The summed E-state index contributed by atoms with van der Waals surface area (Å²) in [5.74, 6) is 0.602. The van der Waals surface area contributed by atoms with Crippen molar-refractivity contribution in [1.82, 2.24) is 4.98 Å². The molecule has 1 aromatic heterocycles. The minimum Gasteiger partial charge on any atom is -0.475 e. The van der Waals surface area contributed by atoms with Gasteiger partial charge in [0.15, 0.2) is 0 Å². The van der Waals surface area contributed by atoms with Crippen LogP contribution >= 0.6 is 0 Å². The highest BCUT2D eigenvalue weighted by molar-refractivity contribution is 5.24. The van der Waals surface area contributed by atoms with E-state index in [9.17, 15) is 0 Å². The third kappa shape index (κ3) is 2.71. The maximum absolute atomic E-state index is 9.01. The minimum atomic E-state index is 0.0187. The number of hydrogen-bond acceptors (Lipinski definition) is 4. The van der Waals surface area contributed by atoms with Crippen LogP contribution in [0.1, 0.15) is 24.1 Å². The molecule has 1 unspecified atom stereocenters. The normalized spacial score (nSPS) is 20.0. The van der Waals surface area contributed by atoms with E-state index in [0.29, 0.717) is 12.5 Å². The average molecular weight is 223 g/mol. The highest BCUT2D eigenvalue weighted by Crippen LogP contribution is 2.16. The van der Waals surface area contributed by atoms with Crippen LogP contribution in [0.4, 0.5) is 0 Å². The number of aromatic nitrogens is 1. The van der Waals surface area contributed by atoms with Crippen LogP contribution in [0.25, 0.3) is 0 Å². The standard InChI is InChI=1S/C12H17NO3/c1-9-10(7-14)4-5-12(13-9)16-8-11-3-2-6-15-11/h4-5,11,14H,2-3,6-8H2,1H3. The first kappa shape index (κ1) is 11.4. The van der Waals surface area contributed by atoms with Crippen LogP contribution in [0.15, 0.2) is 12.1 Å². The van der Waals surface area contributed by atoms with E-state index in [2.05, 4.69) is 4.98 Å². The van der Waals surface area contributed by atoms with Crippen molar-refractivity contribution in [2.24, 2.45) is 0 Å². The van der Waals surface area contributed by atoms with Crippen molar-refractivity contribution >= 4 is 0 Å². The lowest BCUT2D eigenvalue weighted by molar-refractivity contribution is 0.0662. The molecule has 4 nitrogen and oxygen atoms in total. The minimum absolute atomic E-state index is 0.0187. The van der Waals surface area contributed by atoms with Gasteiger partial charge in [0.1, 0.15) is 6.61 Å². The van der Waals surface area contributed by atoms with Gasteiger partial charge in [0.05, 0.1) is 12.7 Å². The molecule has 2 rings (SSSR count). The zero-order chi connectivity index (χ0) is 11.4. The van der Waals surface area contributed by atoms with Crippen molar-refractivity contribution in [2.75, 3.05) is 13.2 Å². The molecule has 0 bridgehead atoms. The summed E-state index contributed by atoms with van der Waals surface area (Å²) in [4.78, 5) is 4.27. The molecule has 1 aliphatic heterocycles. The quantitative estimate of drug-likeness (QED) is 0.839. The predicted molar refractivity (Wildman–Crippen MR) is 59.4 cm³/mol. The van der Waals surface area contributed by atoms with E-state index in [-0.39, 0.29) is 12.7 Å². The van der Waals surface area contributed by atoms with E-state index in [0.717, 1.165) is 30.7 Å². The third-order valence-electron chi connectivity index (χ3n) is 2.78. The van der Waals surface area contributed by atoms with Gasteiger partial charge in [0.2, 0.25) is 5.88 Å². The van der Waals surface area contributed by atoms with Gasteiger partial charge in [0, 0.05) is 18.4 Å². The van der Waals surface area contributed by atoms with Crippen LogP contribution < -0.4 is 4.74 Å². The Balaban J connectivity index is 1.91. The molecule has 1 aliphatic rings. The summed E-state index contributed by atoms with van der Waals surface area (Å²) in [6.45, 7) is 3.28. The number of rotatable bonds is 4. The summed E-state index contributed by atoms with van der Waals surface area (Å²) in [5.41, 5.74) is 1.65. The largest absolute Gasteiger partial charge is 0.475 e. The van der Waals surface area contributed by atoms with Crippen LogP contribution in [-0.2, 0) is 11.3 Å². The fraction of sp³-hybridized carbons (Fsp3) is 0.583. The SMILES string of the molecule is Cc1nc(OCC2CCCO2)ccc1CO. The third-order valence-corrected chi connectivity index (χ3v) is 2.78. The number of hydrogen-bond donors (Lipinski definition) is 1. The topological polar surface area (TPSA) is 51.6 Å². The van der Waals surface area contributed by atoms with Crippen molar-refractivity contribution in [3.63, 3.8) is 0 Å². The summed E-state index contributed by atoms with van der Waals surface area (Å²) in [6, 6.07) is 3.63. The zero-order valence-electron chi connectivity index (χ0n) is 9.48. The first-order valence-corrected chi connectivity index (χ1v) is 5.61. The highest BCUT2D eigenvalue weighted by Gasteiger charge is 2.16. The lowest BCUT2D eigenvalue weighted by Gasteiger charge is -2.11. The van der Waals surface area contributed by atoms with Crippen LogP contribution in [0.5, 0.6) is 5.88 Å². The Hall–Kier alpha value is -1.13. The summed E-state index contributed by atoms with van der Waals surface area (Å²) in [6.07, 6.45) is 2.39. The van der Waals surface area contributed by atoms with Crippen LogP contribution in [0.3, 0.4) is 0 Å². The fourth-order valence-electron chi connectivity index (χ4n) is 1.77. The molecule has 0 aliphatic carbocycles. The molecule has 0 spiro atoms. The molecule has 16 heavy (non-hydrogen) atoms. The maximum atomic E-state index is 9.01. The summed E-state index contributed by atoms with van der Waals surface area (Å²) in [7, 11) is 0. The van der Waals surface area contributed by atoms with E-state index in [1.807, 2.05) is 13.0 Å². The molecule has 88 valence electrons. The molecule has 1 atom stereocenters. The van der Waals surface area contributed by atoms with Crippen molar-refractivity contribution in [3.05, 3.63) is 23.4 Å². The predicted octanol–water partition coefficient (Wildman–Crippen LogP) is 1.44. The second kappa shape index (κ2) is 5.27. The van der Waals surface area contributed by atoms with Gasteiger partial charge < -0.3 is 14.6 Å². The smallest absolute Gasteiger partial charge is 0.213 e. The molecule has 0 amide bonds. The number of aliphatic hydroxyl groups excluding tert-OH is 1. The molecule has 1 saturated heterocycles. The van der Waals surface area contributed by atoms with Crippen LogP contribution in [0.2, 0.25) is 0 Å². The van der Waals surface area contributed by atoms with Gasteiger partial charge in [-0.15, -0.1) is 0 Å². The summed E-state index contributed by atoms with van der Waals surface area (Å²) >= 11 is 0. The maximum Gasteiger partial charge on any atom is 0.213 e. The Kier molecular flexibility index (Phi) is 3.74. The van der Waals surface area contributed by atoms with Crippen molar-refractivity contribution in [2.45, 2.75) is 32.5 Å². The lowest BCUT2D eigenvalue weighted by atomic mass is 10.2. The van der Waals surface area contributed by atoms with Gasteiger partial charge in [-0.3, -0.25) is 0 Å². The van der Waals surface area contributed by atoms with Crippen molar-refractivity contribution in [3.8, 4) is 5.88 Å². The highest BCUT2D eigenvalue weighted by atomic mass is 16.5. The Morgan fingerprint density at radius 2 is 2.44 bits per heavy atom. The zero-order valence-corrected chi connectivity index (χ0v) is 9.48. The van der Waals surface area contributed by atoms with Gasteiger partial charge in [0.25, 0.3) is 0 Å². The Morgan fingerprint density at radius 1 is 1.56 bits per heavy atom. The second-order valence-corrected chi connectivity index (χ2v) is 4.00. The lowest BCUT2D eigenvalue weighted by Crippen LogP contribution is -2.16. The molecule has 0 radical (unpaired) electrons. The van der Waals surface area contributed by atoms with Crippen molar-refractivity contribution < 1.29 is 14.6 Å². The molecular formula is C12H17NO3. The van der Waals surface area contributed by atoms with Gasteiger partial charge in [-0.25, -0.2) is 4.98 Å². The molecule has 0 aromatic carbocycles.